The molecule has 0 fully saturated rings. The lowest BCUT2D eigenvalue weighted by molar-refractivity contribution is -0.144. The number of aliphatic carboxylic acids is 1. The van der Waals surface area contributed by atoms with Crippen LogP contribution in [0.25, 0.3) is 0 Å². The second-order valence-corrected chi connectivity index (χ2v) is 4.10. The van der Waals surface area contributed by atoms with E-state index in [4.69, 9.17) is 5.11 Å². The van der Waals surface area contributed by atoms with Crippen molar-refractivity contribution < 1.29 is 29.6 Å². The third-order valence-electron chi connectivity index (χ3n) is 2.64. The summed E-state index contributed by atoms with van der Waals surface area (Å²) in [7, 11) is 1.20. The van der Waals surface area contributed by atoms with Gasteiger partial charge in [-0.25, -0.2) is 0 Å². The van der Waals surface area contributed by atoms with Gasteiger partial charge in [-0.2, -0.15) is 0 Å². The summed E-state index contributed by atoms with van der Waals surface area (Å²) in [6.45, 7) is 0. The van der Waals surface area contributed by atoms with Gasteiger partial charge < -0.3 is 20.1 Å². The third kappa shape index (κ3) is 4.69. The number of carbonyl (C=O) groups excluding carboxylic acids is 1. The summed E-state index contributed by atoms with van der Waals surface area (Å²) in [6.07, 6.45) is -2.91. The van der Waals surface area contributed by atoms with Gasteiger partial charge in [-0.3, -0.25) is 9.59 Å². The van der Waals surface area contributed by atoms with E-state index in [-0.39, 0.29) is 12.8 Å². The summed E-state index contributed by atoms with van der Waals surface area (Å²) in [5.41, 5.74) is 0.997. The summed E-state index contributed by atoms with van der Waals surface area (Å²) in [5.74, 6) is -1.56. The molecule has 0 saturated heterocycles. The molecule has 0 aliphatic heterocycles. The van der Waals surface area contributed by atoms with Crippen LogP contribution >= 0.6 is 0 Å². The van der Waals surface area contributed by atoms with Crippen LogP contribution in [0.1, 0.15) is 23.7 Å². The SMILES string of the molecule is COC(=O)CC(O)C(O)c1ccc(CC(=O)O)cc1. The highest BCUT2D eigenvalue weighted by Gasteiger charge is 2.21. The minimum atomic E-state index is -1.27. The molecule has 2 unspecified atom stereocenters. The molecular formula is C13H16O6. The molecule has 19 heavy (non-hydrogen) atoms. The standard InChI is InChI=1S/C13H16O6/c1-19-12(17)7-10(14)13(18)9-4-2-8(3-5-9)6-11(15)16/h2-5,10,13-14,18H,6-7H2,1H3,(H,15,16). The van der Waals surface area contributed by atoms with Crippen LogP contribution < -0.4 is 0 Å². The molecule has 1 aromatic carbocycles. The molecule has 0 spiro atoms. The largest absolute Gasteiger partial charge is 0.481 e. The van der Waals surface area contributed by atoms with Gasteiger partial charge in [0.25, 0.3) is 0 Å². The van der Waals surface area contributed by atoms with Gasteiger partial charge in [-0.05, 0) is 11.1 Å². The van der Waals surface area contributed by atoms with Crippen LogP contribution in [0.15, 0.2) is 24.3 Å². The number of aliphatic hydroxyl groups is 2. The first-order valence-electron chi connectivity index (χ1n) is 5.67. The topological polar surface area (TPSA) is 104 Å². The monoisotopic (exact) mass is 268 g/mol. The van der Waals surface area contributed by atoms with E-state index in [0.29, 0.717) is 11.1 Å². The molecule has 0 aliphatic rings. The summed E-state index contributed by atoms with van der Waals surface area (Å²) in [6, 6.07) is 6.14. The Hall–Kier alpha value is -1.92. The van der Waals surface area contributed by atoms with Crippen molar-refractivity contribution in [1.82, 2.24) is 0 Å². The number of esters is 1. The Balaban J connectivity index is 2.69. The van der Waals surface area contributed by atoms with Gasteiger partial charge in [-0.15, -0.1) is 0 Å². The number of carboxylic acid groups (broad SMARTS) is 1. The molecule has 2 atom stereocenters. The number of ether oxygens (including phenoxy) is 1. The van der Waals surface area contributed by atoms with E-state index in [9.17, 15) is 19.8 Å². The van der Waals surface area contributed by atoms with Crippen LogP contribution in [0.4, 0.5) is 0 Å². The molecule has 0 amide bonds. The Morgan fingerprint density at radius 3 is 2.26 bits per heavy atom. The molecule has 1 rings (SSSR count). The quantitative estimate of drug-likeness (QED) is 0.640. The van der Waals surface area contributed by atoms with Crippen molar-refractivity contribution in [3.8, 4) is 0 Å². The molecule has 6 heteroatoms. The minimum Gasteiger partial charge on any atom is -0.481 e. The molecule has 0 aromatic heterocycles. The van der Waals surface area contributed by atoms with Gasteiger partial charge in [0.15, 0.2) is 0 Å². The maximum Gasteiger partial charge on any atom is 0.308 e. The minimum absolute atomic E-state index is 0.110. The number of benzene rings is 1. The molecule has 0 heterocycles. The average Bonchev–Trinajstić information content (AvgIpc) is 2.37. The Morgan fingerprint density at radius 1 is 1.21 bits per heavy atom. The molecule has 3 N–H and O–H groups in total. The molecule has 1 aromatic rings. The molecular weight excluding hydrogens is 252 g/mol. The van der Waals surface area contributed by atoms with E-state index in [1.165, 1.54) is 19.2 Å². The van der Waals surface area contributed by atoms with E-state index < -0.39 is 24.1 Å². The number of hydrogen-bond acceptors (Lipinski definition) is 5. The van der Waals surface area contributed by atoms with Crippen molar-refractivity contribution in [2.75, 3.05) is 7.11 Å². The lowest BCUT2D eigenvalue weighted by atomic mass is 10.00. The number of hydrogen-bond donors (Lipinski definition) is 3. The summed E-state index contributed by atoms with van der Waals surface area (Å²) in [5, 5.41) is 28.1. The highest BCUT2D eigenvalue weighted by Crippen LogP contribution is 2.20. The Morgan fingerprint density at radius 2 is 1.79 bits per heavy atom. The molecule has 104 valence electrons. The van der Waals surface area contributed by atoms with Crippen molar-refractivity contribution in [2.24, 2.45) is 0 Å². The first-order valence-corrected chi connectivity index (χ1v) is 5.67. The summed E-state index contributed by atoms with van der Waals surface area (Å²) < 4.78 is 4.39. The maximum absolute atomic E-state index is 11.0. The molecule has 0 radical (unpaired) electrons. The number of methoxy groups -OCH3 is 1. The zero-order chi connectivity index (χ0) is 14.4. The van der Waals surface area contributed by atoms with Crippen LogP contribution in [-0.2, 0) is 20.7 Å². The molecule has 0 saturated carbocycles. The van der Waals surface area contributed by atoms with Crippen LogP contribution in [-0.4, -0.2) is 40.5 Å². The van der Waals surface area contributed by atoms with Gasteiger partial charge >= 0.3 is 11.9 Å². The van der Waals surface area contributed by atoms with E-state index in [1.807, 2.05) is 0 Å². The van der Waals surface area contributed by atoms with Crippen molar-refractivity contribution in [3.05, 3.63) is 35.4 Å². The third-order valence-corrected chi connectivity index (χ3v) is 2.64. The fourth-order valence-corrected chi connectivity index (χ4v) is 1.60. The lowest BCUT2D eigenvalue weighted by Crippen LogP contribution is -2.22. The van der Waals surface area contributed by atoms with Crippen LogP contribution in [0.2, 0.25) is 0 Å². The lowest BCUT2D eigenvalue weighted by Gasteiger charge is -2.17. The van der Waals surface area contributed by atoms with Gasteiger partial charge in [0, 0.05) is 0 Å². The van der Waals surface area contributed by atoms with Gasteiger partial charge in [0.2, 0.25) is 0 Å². The first-order chi connectivity index (χ1) is 8.93. The molecule has 6 nitrogen and oxygen atoms in total. The zero-order valence-electron chi connectivity index (χ0n) is 10.4. The van der Waals surface area contributed by atoms with E-state index in [2.05, 4.69) is 4.74 Å². The van der Waals surface area contributed by atoms with Crippen LogP contribution in [0.3, 0.4) is 0 Å². The van der Waals surface area contributed by atoms with Crippen LogP contribution in [0.5, 0.6) is 0 Å². The van der Waals surface area contributed by atoms with E-state index in [0.717, 1.165) is 0 Å². The van der Waals surface area contributed by atoms with Gasteiger partial charge in [-0.1, -0.05) is 24.3 Å². The predicted molar refractivity (Wildman–Crippen MR) is 65.4 cm³/mol. The number of carbonyl (C=O) groups is 2. The second kappa shape index (κ2) is 6.86. The zero-order valence-corrected chi connectivity index (χ0v) is 10.4. The van der Waals surface area contributed by atoms with Gasteiger partial charge in [0.05, 0.1) is 26.1 Å². The average molecular weight is 268 g/mol. The molecule has 0 bridgehead atoms. The van der Waals surface area contributed by atoms with Crippen molar-refractivity contribution in [2.45, 2.75) is 25.0 Å². The van der Waals surface area contributed by atoms with E-state index in [1.54, 1.807) is 12.1 Å². The first kappa shape index (κ1) is 15.1. The van der Waals surface area contributed by atoms with Crippen LogP contribution in [0, 0.1) is 0 Å². The van der Waals surface area contributed by atoms with Crippen molar-refractivity contribution in [3.63, 3.8) is 0 Å². The van der Waals surface area contributed by atoms with Crippen molar-refractivity contribution >= 4 is 11.9 Å². The normalized spacial score (nSPS) is 13.6. The fourth-order valence-electron chi connectivity index (χ4n) is 1.60. The summed E-state index contributed by atoms with van der Waals surface area (Å²) in [4.78, 5) is 21.5. The second-order valence-electron chi connectivity index (χ2n) is 4.10. The number of aliphatic hydroxyl groups excluding tert-OH is 2. The number of carboxylic acids is 1. The highest BCUT2D eigenvalue weighted by atomic mass is 16.5. The summed E-state index contributed by atoms with van der Waals surface area (Å²) >= 11 is 0. The Kier molecular flexibility index (Phi) is 5.47. The Labute approximate surface area is 110 Å². The smallest absolute Gasteiger partial charge is 0.308 e. The van der Waals surface area contributed by atoms with Gasteiger partial charge in [0.1, 0.15) is 6.10 Å². The van der Waals surface area contributed by atoms with Crippen molar-refractivity contribution in [1.29, 1.82) is 0 Å². The van der Waals surface area contributed by atoms with E-state index >= 15 is 0 Å². The molecule has 0 aliphatic carbocycles. The Bertz CT molecular complexity index is 439. The fraction of sp³-hybridized carbons (Fsp3) is 0.385. The maximum atomic E-state index is 11.0. The number of rotatable bonds is 6. The predicted octanol–water partition coefficient (Wildman–Crippen LogP) is 0.271. The highest BCUT2D eigenvalue weighted by molar-refractivity contribution is 5.70.